The van der Waals surface area contributed by atoms with E-state index >= 15 is 0 Å². The zero-order valence-electron chi connectivity index (χ0n) is 6.03. The third kappa shape index (κ3) is 3.19. The SMILES string of the molecule is FC(F)(F)Oc1c(Br)cccc1Br. The van der Waals surface area contributed by atoms with Gasteiger partial charge in [0, 0.05) is 0 Å². The van der Waals surface area contributed by atoms with Crippen molar-refractivity contribution in [3.8, 4) is 5.75 Å². The van der Waals surface area contributed by atoms with Crippen LogP contribution in [0.1, 0.15) is 0 Å². The molecule has 0 amide bonds. The Labute approximate surface area is 89.1 Å². The molecule has 0 radical (unpaired) electrons. The molecule has 1 rings (SSSR count). The molecular formula is C7H3Br2F3O. The molecule has 0 bridgehead atoms. The van der Waals surface area contributed by atoms with Crippen LogP contribution in [-0.4, -0.2) is 6.36 Å². The van der Waals surface area contributed by atoms with Crippen molar-refractivity contribution in [3.63, 3.8) is 0 Å². The van der Waals surface area contributed by atoms with E-state index in [-0.39, 0.29) is 14.7 Å². The summed E-state index contributed by atoms with van der Waals surface area (Å²) in [6.07, 6.45) is -4.67. The second-order valence-electron chi connectivity index (χ2n) is 2.10. The summed E-state index contributed by atoms with van der Waals surface area (Å²) in [5, 5.41) is 0. The van der Waals surface area contributed by atoms with Gasteiger partial charge in [-0.05, 0) is 44.0 Å². The van der Waals surface area contributed by atoms with Gasteiger partial charge in [0.25, 0.3) is 0 Å². The van der Waals surface area contributed by atoms with E-state index in [4.69, 9.17) is 0 Å². The largest absolute Gasteiger partial charge is 0.573 e. The third-order valence-corrected chi connectivity index (χ3v) is 2.39. The lowest BCUT2D eigenvalue weighted by atomic mass is 10.3. The lowest BCUT2D eigenvalue weighted by Crippen LogP contribution is -2.17. The third-order valence-electron chi connectivity index (χ3n) is 1.14. The van der Waals surface area contributed by atoms with E-state index in [2.05, 4.69) is 36.6 Å². The first-order chi connectivity index (χ1) is 5.90. The van der Waals surface area contributed by atoms with Gasteiger partial charge in [0.15, 0.2) is 5.75 Å². The van der Waals surface area contributed by atoms with Crippen LogP contribution in [0.4, 0.5) is 13.2 Å². The molecule has 0 spiro atoms. The van der Waals surface area contributed by atoms with Gasteiger partial charge in [-0.2, -0.15) is 0 Å². The standard InChI is InChI=1S/C7H3Br2F3O/c8-4-2-1-3-5(9)6(4)13-7(10,11)12/h1-3H. The van der Waals surface area contributed by atoms with E-state index in [0.717, 1.165) is 0 Å². The van der Waals surface area contributed by atoms with Crippen LogP contribution >= 0.6 is 31.9 Å². The Bertz CT molecular complexity index is 291. The van der Waals surface area contributed by atoms with E-state index < -0.39 is 6.36 Å². The Balaban J connectivity index is 3.00. The van der Waals surface area contributed by atoms with Crippen molar-refractivity contribution in [2.24, 2.45) is 0 Å². The Morgan fingerprint density at radius 2 is 1.54 bits per heavy atom. The minimum Gasteiger partial charge on any atom is -0.403 e. The van der Waals surface area contributed by atoms with Crippen molar-refractivity contribution in [1.82, 2.24) is 0 Å². The highest BCUT2D eigenvalue weighted by atomic mass is 79.9. The summed E-state index contributed by atoms with van der Waals surface area (Å²) in [6, 6.07) is 4.52. The zero-order chi connectivity index (χ0) is 10.1. The second-order valence-corrected chi connectivity index (χ2v) is 3.81. The van der Waals surface area contributed by atoms with Crippen molar-refractivity contribution < 1.29 is 17.9 Å². The summed E-state index contributed by atoms with van der Waals surface area (Å²) in [4.78, 5) is 0. The zero-order valence-corrected chi connectivity index (χ0v) is 9.20. The number of hydrogen-bond donors (Lipinski definition) is 0. The van der Waals surface area contributed by atoms with Crippen LogP contribution in [0.5, 0.6) is 5.75 Å². The maximum Gasteiger partial charge on any atom is 0.573 e. The highest BCUT2D eigenvalue weighted by molar-refractivity contribution is 9.11. The minimum absolute atomic E-state index is 0.249. The normalized spacial score (nSPS) is 11.5. The fraction of sp³-hybridized carbons (Fsp3) is 0.143. The minimum atomic E-state index is -4.67. The number of hydrogen-bond acceptors (Lipinski definition) is 1. The topological polar surface area (TPSA) is 9.23 Å². The van der Waals surface area contributed by atoms with Crippen LogP contribution in [0.3, 0.4) is 0 Å². The van der Waals surface area contributed by atoms with Gasteiger partial charge in [-0.25, -0.2) is 0 Å². The van der Waals surface area contributed by atoms with Gasteiger partial charge in [-0.3, -0.25) is 0 Å². The lowest BCUT2D eigenvalue weighted by molar-refractivity contribution is -0.275. The molecule has 0 aliphatic carbocycles. The van der Waals surface area contributed by atoms with Gasteiger partial charge < -0.3 is 4.74 Å². The van der Waals surface area contributed by atoms with Crippen LogP contribution < -0.4 is 4.74 Å². The maximum absolute atomic E-state index is 11.8. The monoisotopic (exact) mass is 318 g/mol. The van der Waals surface area contributed by atoms with Crippen molar-refractivity contribution in [2.75, 3.05) is 0 Å². The molecule has 6 heteroatoms. The summed E-state index contributed by atoms with van der Waals surface area (Å²) in [5.74, 6) is -0.269. The Kier molecular flexibility index (Phi) is 3.23. The molecule has 0 unspecified atom stereocenters. The molecule has 0 aromatic heterocycles. The van der Waals surface area contributed by atoms with Crippen LogP contribution in [-0.2, 0) is 0 Å². The molecule has 13 heavy (non-hydrogen) atoms. The van der Waals surface area contributed by atoms with Gasteiger partial charge in [0.2, 0.25) is 0 Å². The lowest BCUT2D eigenvalue weighted by Gasteiger charge is -2.11. The van der Waals surface area contributed by atoms with Crippen molar-refractivity contribution in [1.29, 1.82) is 0 Å². The Hall–Kier alpha value is -0.230. The fourth-order valence-electron chi connectivity index (χ4n) is 0.696. The molecule has 1 nitrogen and oxygen atoms in total. The molecule has 0 heterocycles. The van der Waals surface area contributed by atoms with Crippen LogP contribution in [0.15, 0.2) is 27.1 Å². The number of rotatable bonds is 1. The quantitative estimate of drug-likeness (QED) is 0.757. The Morgan fingerprint density at radius 3 is 1.92 bits per heavy atom. The molecule has 0 N–H and O–H groups in total. The first kappa shape index (κ1) is 10.8. The first-order valence-corrected chi connectivity index (χ1v) is 4.68. The van der Waals surface area contributed by atoms with Gasteiger partial charge in [-0.1, -0.05) is 6.07 Å². The van der Waals surface area contributed by atoms with Crippen LogP contribution in [0.25, 0.3) is 0 Å². The molecule has 0 aliphatic rings. The average molecular weight is 320 g/mol. The van der Waals surface area contributed by atoms with Crippen LogP contribution in [0, 0.1) is 0 Å². The van der Waals surface area contributed by atoms with Gasteiger partial charge >= 0.3 is 6.36 Å². The van der Waals surface area contributed by atoms with Crippen molar-refractivity contribution in [3.05, 3.63) is 27.1 Å². The van der Waals surface area contributed by atoms with E-state index in [9.17, 15) is 13.2 Å². The molecule has 0 aliphatic heterocycles. The van der Waals surface area contributed by atoms with Gasteiger partial charge in [0.1, 0.15) is 0 Å². The predicted octanol–water partition coefficient (Wildman–Crippen LogP) is 4.11. The molecular weight excluding hydrogens is 317 g/mol. The first-order valence-electron chi connectivity index (χ1n) is 3.10. The smallest absolute Gasteiger partial charge is 0.403 e. The number of ether oxygens (including phenoxy) is 1. The summed E-state index contributed by atoms with van der Waals surface area (Å²) >= 11 is 5.89. The maximum atomic E-state index is 11.8. The number of alkyl halides is 3. The molecule has 0 fully saturated rings. The highest BCUT2D eigenvalue weighted by Crippen LogP contribution is 2.36. The van der Waals surface area contributed by atoms with E-state index in [1.165, 1.54) is 12.1 Å². The number of benzene rings is 1. The Morgan fingerprint density at radius 1 is 1.08 bits per heavy atom. The second kappa shape index (κ2) is 3.88. The fourth-order valence-corrected chi connectivity index (χ4v) is 1.86. The van der Waals surface area contributed by atoms with E-state index in [1.807, 2.05) is 0 Å². The summed E-state index contributed by atoms with van der Waals surface area (Å²) in [6.45, 7) is 0. The molecule has 0 atom stereocenters. The highest BCUT2D eigenvalue weighted by Gasteiger charge is 2.32. The summed E-state index contributed by atoms with van der Waals surface area (Å²) < 4.78 is 39.8. The van der Waals surface area contributed by atoms with Crippen LogP contribution in [0.2, 0.25) is 0 Å². The van der Waals surface area contributed by atoms with E-state index in [1.54, 1.807) is 6.07 Å². The molecule has 1 aromatic rings. The van der Waals surface area contributed by atoms with Gasteiger partial charge in [0.05, 0.1) is 8.95 Å². The number of halogens is 5. The van der Waals surface area contributed by atoms with E-state index in [0.29, 0.717) is 0 Å². The molecule has 0 saturated carbocycles. The van der Waals surface area contributed by atoms with Crippen molar-refractivity contribution in [2.45, 2.75) is 6.36 Å². The molecule has 1 aromatic carbocycles. The number of para-hydroxylation sites is 1. The molecule has 72 valence electrons. The summed E-state index contributed by atoms with van der Waals surface area (Å²) in [7, 11) is 0. The summed E-state index contributed by atoms with van der Waals surface area (Å²) in [5.41, 5.74) is 0. The van der Waals surface area contributed by atoms with Crippen molar-refractivity contribution >= 4 is 31.9 Å². The average Bonchev–Trinajstić information content (AvgIpc) is 1.95. The predicted molar refractivity (Wildman–Crippen MR) is 48.5 cm³/mol. The molecule has 0 saturated heterocycles. The van der Waals surface area contributed by atoms with Gasteiger partial charge in [-0.15, -0.1) is 13.2 Å².